The van der Waals surface area contributed by atoms with Crippen molar-refractivity contribution >= 4 is 33.3 Å². The number of hydrogen-bond donors (Lipinski definition) is 2. The molecule has 3 heterocycles. The fourth-order valence-corrected chi connectivity index (χ4v) is 5.16. The van der Waals surface area contributed by atoms with Gasteiger partial charge in [0.1, 0.15) is 4.90 Å². The Hall–Kier alpha value is -2.64. The molecule has 1 aliphatic heterocycles. The maximum Gasteiger partial charge on any atom is 0.244 e. The van der Waals surface area contributed by atoms with Crippen LogP contribution < -0.4 is 0 Å². The van der Waals surface area contributed by atoms with Gasteiger partial charge in [-0.3, -0.25) is 9.88 Å². The topological polar surface area (TPSA) is 113 Å². The average Bonchev–Trinajstić information content (AvgIpc) is 3.08. The summed E-state index contributed by atoms with van der Waals surface area (Å²) in [7, 11) is -3.63. The first-order valence-electron chi connectivity index (χ1n) is 9.76. The van der Waals surface area contributed by atoms with Crippen molar-refractivity contribution in [3.05, 3.63) is 42.1 Å². The fourth-order valence-electron chi connectivity index (χ4n) is 3.80. The normalized spacial score (nSPS) is 15.7. The number of pyridine rings is 1. The summed E-state index contributed by atoms with van der Waals surface area (Å²) in [5.74, 6) is -0.0759. The predicted molar refractivity (Wildman–Crippen MR) is 121 cm³/mol. The van der Waals surface area contributed by atoms with Crippen LogP contribution in [-0.2, 0) is 10.0 Å². The maximum absolute atomic E-state index is 13.0. The molecule has 0 aliphatic carbocycles. The van der Waals surface area contributed by atoms with Crippen LogP contribution in [0.1, 0.15) is 19.4 Å². The first-order valence-corrected chi connectivity index (χ1v) is 11.2. The van der Waals surface area contributed by atoms with E-state index >= 15 is 0 Å². The Kier molecular flexibility index (Phi) is 6.57. The van der Waals surface area contributed by atoms with Crippen molar-refractivity contribution in [1.82, 2.24) is 19.2 Å². The second-order valence-corrected chi connectivity index (χ2v) is 9.57. The molecule has 0 unspecified atom stereocenters. The first-order chi connectivity index (χ1) is 14.3. The van der Waals surface area contributed by atoms with Gasteiger partial charge in [0.15, 0.2) is 5.88 Å². The Morgan fingerprint density at radius 1 is 1.16 bits per heavy atom. The Labute approximate surface area is 187 Å². The van der Waals surface area contributed by atoms with E-state index in [1.165, 1.54) is 16.6 Å². The molecule has 1 aliphatic rings. The largest absolute Gasteiger partial charge is 0.494 e. The van der Waals surface area contributed by atoms with E-state index in [0.29, 0.717) is 59.9 Å². The number of halogens is 1. The van der Waals surface area contributed by atoms with Crippen LogP contribution in [0, 0.1) is 11.3 Å². The van der Waals surface area contributed by atoms with Crippen molar-refractivity contribution in [2.24, 2.45) is 0 Å². The molecule has 164 valence electrons. The van der Waals surface area contributed by atoms with Crippen molar-refractivity contribution in [1.29, 1.82) is 5.26 Å². The summed E-state index contributed by atoms with van der Waals surface area (Å²) in [4.78, 5) is 9.55. The third-order valence-electron chi connectivity index (χ3n) is 5.54. The molecular formula is C21H24ClN5O3S. The Bertz CT molecular complexity index is 1220. The zero-order chi connectivity index (χ0) is 21.5. The van der Waals surface area contributed by atoms with E-state index < -0.39 is 10.0 Å². The van der Waals surface area contributed by atoms with E-state index in [2.05, 4.69) is 34.8 Å². The summed E-state index contributed by atoms with van der Waals surface area (Å²) >= 11 is 0. The third kappa shape index (κ3) is 4.25. The Morgan fingerprint density at radius 3 is 2.45 bits per heavy atom. The minimum atomic E-state index is -3.63. The van der Waals surface area contributed by atoms with E-state index in [1.54, 1.807) is 24.3 Å². The van der Waals surface area contributed by atoms with Crippen LogP contribution in [-0.4, -0.2) is 64.9 Å². The number of rotatable bonds is 4. The van der Waals surface area contributed by atoms with Gasteiger partial charge in [-0.1, -0.05) is 0 Å². The molecule has 0 bridgehead atoms. The van der Waals surface area contributed by atoms with Crippen LogP contribution in [0.4, 0.5) is 0 Å². The molecule has 0 radical (unpaired) electrons. The molecule has 0 spiro atoms. The number of aromatic hydroxyl groups is 1. The van der Waals surface area contributed by atoms with E-state index in [0.717, 1.165) is 0 Å². The van der Waals surface area contributed by atoms with Gasteiger partial charge in [0, 0.05) is 49.3 Å². The minimum absolute atomic E-state index is 0. The van der Waals surface area contributed by atoms with Gasteiger partial charge in [0.2, 0.25) is 10.0 Å². The van der Waals surface area contributed by atoms with E-state index in [9.17, 15) is 13.5 Å². The monoisotopic (exact) mass is 461 g/mol. The number of piperazine rings is 1. The van der Waals surface area contributed by atoms with Crippen LogP contribution in [0.25, 0.3) is 22.2 Å². The molecular weight excluding hydrogens is 438 g/mol. The highest BCUT2D eigenvalue weighted by Gasteiger charge is 2.29. The van der Waals surface area contributed by atoms with Gasteiger partial charge in [0.05, 0.1) is 22.9 Å². The number of H-pyrrole nitrogens is 1. The molecule has 1 fully saturated rings. The smallest absolute Gasteiger partial charge is 0.244 e. The summed E-state index contributed by atoms with van der Waals surface area (Å²) in [5.41, 5.74) is 2.00. The van der Waals surface area contributed by atoms with Crippen LogP contribution in [0.5, 0.6) is 5.88 Å². The second kappa shape index (κ2) is 8.85. The lowest BCUT2D eigenvalue weighted by molar-refractivity contribution is 0.154. The highest BCUT2D eigenvalue weighted by atomic mass is 35.5. The molecule has 0 amide bonds. The van der Waals surface area contributed by atoms with Gasteiger partial charge in [-0.05, 0) is 44.2 Å². The standard InChI is InChI=1S/C21H23N5O3S.ClH/c1-14(2)25-7-9-26(10-8-25)30(28,29)16-4-6-19(23-13-16)20-17-11-15(12-22)3-5-18(17)24-21(20)27;/h3-6,11,13-14,24,27H,7-10H2,1-2H3;1H. The lowest BCUT2D eigenvalue weighted by Crippen LogP contribution is -2.50. The number of hydrogen-bond acceptors (Lipinski definition) is 6. The van der Waals surface area contributed by atoms with Crippen molar-refractivity contribution in [2.75, 3.05) is 26.2 Å². The second-order valence-electron chi connectivity index (χ2n) is 7.63. The van der Waals surface area contributed by atoms with E-state index in [4.69, 9.17) is 5.26 Å². The van der Waals surface area contributed by atoms with E-state index in [-0.39, 0.29) is 23.2 Å². The lowest BCUT2D eigenvalue weighted by atomic mass is 10.1. The highest BCUT2D eigenvalue weighted by molar-refractivity contribution is 7.89. The molecule has 3 aromatic rings. The number of aromatic amines is 1. The van der Waals surface area contributed by atoms with Crippen molar-refractivity contribution in [2.45, 2.75) is 24.8 Å². The number of nitrogens with one attached hydrogen (secondary N) is 1. The zero-order valence-corrected chi connectivity index (χ0v) is 18.9. The predicted octanol–water partition coefficient (Wildman–Crippen LogP) is 2.94. The first kappa shape index (κ1) is 23.0. The number of sulfonamides is 1. The SMILES string of the molecule is CC(C)N1CCN(S(=O)(=O)c2ccc(-c3c(O)[nH]c4ccc(C#N)cc34)nc2)CC1.Cl. The quantitative estimate of drug-likeness (QED) is 0.617. The number of nitrogens with zero attached hydrogens (tertiary/aromatic N) is 4. The van der Waals surface area contributed by atoms with Gasteiger partial charge >= 0.3 is 0 Å². The molecule has 0 saturated carbocycles. The van der Waals surface area contributed by atoms with Gasteiger partial charge in [-0.15, -0.1) is 12.4 Å². The molecule has 8 nitrogen and oxygen atoms in total. The van der Waals surface area contributed by atoms with Gasteiger partial charge in [0.25, 0.3) is 0 Å². The summed E-state index contributed by atoms with van der Waals surface area (Å²) in [5, 5.41) is 20.1. The third-order valence-corrected chi connectivity index (χ3v) is 7.42. The van der Waals surface area contributed by atoms with Crippen LogP contribution in [0.2, 0.25) is 0 Å². The molecule has 2 N–H and O–H groups in total. The number of nitriles is 1. The highest BCUT2D eigenvalue weighted by Crippen LogP contribution is 2.36. The van der Waals surface area contributed by atoms with Crippen molar-refractivity contribution in [3.8, 4) is 23.2 Å². The van der Waals surface area contributed by atoms with Gasteiger partial charge in [-0.25, -0.2) is 8.42 Å². The minimum Gasteiger partial charge on any atom is -0.494 e. The summed E-state index contributed by atoms with van der Waals surface area (Å²) < 4.78 is 27.5. The summed E-state index contributed by atoms with van der Waals surface area (Å²) in [6, 6.07) is 10.6. The maximum atomic E-state index is 13.0. The Morgan fingerprint density at radius 2 is 1.87 bits per heavy atom. The molecule has 31 heavy (non-hydrogen) atoms. The average molecular weight is 462 g/mol. The molecule has 10 heteroatoms. The molecule has 4 rings (SSSR count). The molecule has 1 saturated heterocycles. The summed E-state index contributed by atoms with van der Waals surface area (Å²) in [6.07, 6.45) is 1.33. The fraction of sp³-hybridized carbons (Fsp3) is 0.333. The van der Waals surface area contributed by atoms with Gasteiger partial charge < -0.3 is 10.1 Å². The molecule has 1 aromatic carbocycles. The van der Waals surface area contributed by atoms with Crippen molar-refractivity contribution < 1.29 is 13.5 Å². The lowest BCUT2D eigenvalue weighted by Gasteiger charge is -2.36. The van der Waals surface area contributed by atoms with Crippen molar-refractivity contribution in [3.63, 3.8) is 0 Å². The number of fused-ring (bicyclic) bond motifs is 1. The molecule has 0 atom stereocenters. The molecule has 2 aromatic heterocycles. The summed E-state index contributed by atoms with van der Waals surface area (Å²) in [6.45, 7) is 6.50. The Balaban J connectivity index is 0.00000272. The number of benzene rings is 1. The van der Waals surface area contributed by atoms with Crippen LogP contribution in [0.3, 0.4) is 0 Å². The zero-order valence-electron chi connectivity index (χ0n) is 17.2. The van der Waals surface area contributed by atoms with E-state index in [1.807, 2.05) is 0 Å². The van der Waals surface area contributed by atoms with Crippen LogP contribution >= 0.6 is 12.4 Å². The van der Waals surface area contributed by atoms with Crippen LogP contribution in [0.15, 0.2) is 41.4 Å². The number of aromatic nitrogens is 2. The van der Waals surface area contributed by atoms with Gasteiger partial charge in [-0.2, -0.15) is 9.57 Å².